The highest BCUT2D eigenvalue weighted by atomic mass is 16.5. The van der Waals surface area contributed by atoms with Gasteiger partial charge in [-0.15, -0.1) is 0 Å². The van der Waals surface area contributed by atoms with E-state index in [1.54, 1.807) is 7.11 Å². The van der Waals surface area contributed by atoms with Crippen LogP contribution in [-0.4, -0.2) is 31.1 Å². The first-order chi connectivity index (χ1) is 16.6. The van der Waals surface area contributed by atoms with Crippen molar-refractivity contribution in [3.05, 3.63) is 93.7 Å². The number of benzene rings is 3. The average molecular weight is 456 g/mol. The Kier molecular flexibility index (Phi) is 6.12. The first kappa shape index (κ1) is 22.2. The molecule has 5 heteroatoms. The van der Waals surface area contributed by atoms with Gasteiger partial charge in [-0.3, -0.25) is 9.69 Å². The van der Waals surface area contributed by atoms with Gasteiger partial charge in [-0.05, 0) is 66.3 Å². The molecule has 2 aliphatic heterocycles. The highest BCUT2D eigenvalue weighted by Gasteiger charge is 2.35. The van der Waals surface area contributed by atoms with Crippen molar-refractivity contribution >= 4 is 11.9 Å². The van der Waals surface area contributed by atoms with Gasteiger partial charge in [0.05, 0.1) is 18.2 Å². The Labute approximate surface area is 200 Å². The fraction of sp³-hybridized carbons (Fsp3) is 0.276. The van der Waals surface area contributed by atoms with E-state index in [2.05, 4.69) is 36.1 Å². The Morgan fingerprint density at radius 3 is 2.50 bits per heavy atom. The Morgan fingerprint density at radius 1 is 1.06 bits per heavy atom. The molecule has 174 valence electrons. The highest BCUT2D eigenvalue weighted by Crippen LogP contribution is 2.44. The largest absolute Gasteiger partial charge is 0.497 e. The van der Waals surface area contributed by atoms with Gasteiger partial charge in [0.2, 0.25) is 5.78 Å². The normalized spacial score (nSPS) is 16.1. The molecular formula is C29H29NO4. The van der Waals surface area contributed by atoms with Crippen molar-refractivity contribution in [2.75, 3.05) is 20.4 Å². The quantitative estimate of drug-likeness (QED) is 0.455. The van der Waals surface area contributed by atoms with Crippen molar-refractivity contribution in [1.29, 1.82) is 0 Å². The minimum Gasteiger partial charge on any atom is -0.497 e. The number of nitrogens with zero attached hydrogens (tertiary/aromatic N) is 1. The molecule has 0 atom stereocenters. The summed E-state index contributed by atoms with van der Waals surface area (Å²) >= 11 is 0. The van der Waals surface area contributed by atoms with Crippen molar-refractivity contribution in [3.8, 4) is 17.2 Å². The number of carbonyl (C=O) groups excluding carboxylic acids is 1. The molecule has 0 saturated heterocycles. The summed E-state index contributed by atoms with van der Waals surface area (Å²) in [5.41, 5.74) is 5.94. The summed E-state index contributed by atoms with van der Waals surface area (Å²) in [6.07, 6.45) is 3.71. The second-order valence-electron chi connectivity index (χ2n) is 8.83. The number of rotatable bonds is 6. The number of carbonyl (C=O) groups is 1. The van der Waals surface area contributed by atoms with Crippen molar-refractivity contribution in [3.63, 3.8) is 0 Å². The van der Waals surface area contributed by atoms with Crippen LogP contribution in [0.1, 0.15) is 45.1 Å². The van der Waals surface area contributed by atoms with Gasteiger partial charge in [0.15, 0.2) is 5.76 Å². The van der Waals surface area contributed by atoms with Crippen LogP contribution in [0.2, 0.25) is 0 Å². The number of methoxy groups -OCH3 is 1. The Hall–Kier alpha value is -3.57. The van der Waals surface area contributed by atoms with E-state index in [4.69, 9.17) is 14.2 Å². The zero-order valence-corrected chi connectivity index (χ0v) is 19.9. The van der Waals surface area contributed by atoms with Crippen LogP contribution in [0.4, 0.5) is 0 Å². The molecule has 0 unspecified atom stereocenters. The fourth-order valence-electron chi connectivity index (χ4n) is 4.50. The molecule has 2 heterocycles. The molecule has 5 nitrogen and oxygen atoms in total. The summed E-state index contributed by atoms with van der Waals surface area (Å²) in [7, 11) is 1.67. The average Bonchev–Trinajstić information content (AvgIpc) is 3.20. The van der Waals surface area contributed by atoms with E-state index in [1.165, 1.54) is 11.1 Å². The zero-order chi connectivity index (χ0) is 23.7. The maximum atomic E-state index is 13.2. The second-order valence-corrected chi connectivity index (χ2v) is 8.83. The van der Waals surface area contributed by atoms with Crippen molar-refractivity contribution in [1.82, 2.24) is 4.90 Å². The molecular weight excluding hydrogens is 426 g/mol. The van der Waals surface area contributed by atoms with E-state index < -0.39 is 0 Å². The lowest BCUT2D eigenvalue weighted by Gasteiger charge is -2.30. The predicted molar refractivity (Wildman–Crippen MR) is 133 cm³/mol. The minimum absolute atomic E-state index is 0.0646. The molecule has 5 rings (SSSR count). The Balaban J connectivity index is 1.35. The van der Waals surface area contributed by atoms with E-state index in [-0.39, 0.29) is 5.78 Å². The fourth-order valence-corrected chi connectivity index (χ4v) is 4.50. The molecule has 0 radical (unpaired) electrons. The predicted octanol–water partition coefficient (Wildman–Crippen LogP) is 5.58. The maximum absolute atomic E-state index is 13.2. The Morgan fingerprint density at radius 2 is 1.79 bits per heavy atom. The number of fused-ring (bicyclic) bond motifs is 3. The van der Waals surface area contributed by atoms with Crippen LogP contribution < -0.4 is 14.2 Å². The van der Waals surface area contributed by atoms with Gasteiger partial charge in [0.25, 0.3) is 0 Å². The summed E-state index contributed by atoms with van der Waals surface area (Å²) in [6.45, 7) is 6.11. The molecule has 2 aliphatic rings. The van der Waals surface area contributed by atoms with E-state index in [9.17, 15) is 4.79 Å². The molecule has 0 N–H and O–H groups in total. The third-order valence-corrected chi connectivity index (χ3v) is 6.55. The number of Topliss-reactive ketones (excluding diaryl/α,β-unsaturated/α-hetero) is 1. The monoisotopic (exact) mass is 455 g/mol. The first-order valence-corrected chi connectivity index (χ1v) is 11.7. The van der Waals surface area contributed by atoms with Crippen LogP contribution in [0.3, 0.4) is 0 Å². The standard InChI is InChI=1S/C29H29NO4/c1-4-20-5-7-22(8-6-20)16-26-28(31)27-19(2)15-25-24(29(27)34-26)17-30(18-33-25)14-13-21-9-11-23(32-3)12-10-21/h5-12,15-16H,4,13-14,17-18H2,1-3H3/b26-16+. The van der Waals surface area contributed by atoms with Crippen LogP contribution in [0.25, 0.3) is 6.08 Å². The van der Waals surface area contributed by atoms with Gasteiger partial charge in [-0.25, -0.2) is 0 Å². The zero-order valence-electron chi connectivity index (χ0n) is 19.9. The number of allylic oxidation sites excluding steroid dienone is 1. The lowest BCUT2D eigenvalue weighted by molar-refractivity contribution is 0.0949. The molecule has 0 fully saturated rings. The van der Waals surface area contributed by atoms with Gasteiger partial charge in [0, 0.05) is 13.1 Å². The molecule has 3 aromatic rings. The number of hydrogen-bond donors (Lipinski definition) is 0. The van der Waals surface area contributed by atoms with Gasteiger partial charge in [-0.1, -0.05) is 43.3 Å². The van der Waals surface area contributed by atoms with Crippen LogP contribution in [0.15, 0.2) is 60.4 Å². The van der Waals surface area contributed by atoms with E-state index in [1.807, 2.05) is 43.3 Å². The summed E-state index contributed by atoms with van der Waals surface area (Å²) in [5, 5.41) is 0. The lowest BCUT2D eigenvalue weighted by Crippen LogP contribution is -2.33. The van der Waals surface area contributed by atoms with Crippen LogP contribution >= 0.6 is 0 Å². The van der Waals surface area contributed by atoms with Crippen LogP contribution in [0.5, 0.6) is 17.2 Å². The van der Waals surface area contributed by atoms with Gasteiger partial charge < -0.3 is 14.2 Å². The number of aryl methyl sites for hydroxylation is 2. The molecule has 0 saturated carbocycles. The van der Waals surface area contributed by atoms with Gasteiger partial charge >= 0.3 is 0 Å². The third-order valence-electron chi connectivity index (χ3n) is 6.55. The van der Waals surface area contributed by atoms with Crippen molar-refractivity contribution < 1.29 is 19.0 Å². The summed E-state index contributed by atoms with van der Waals surface area (Å²) in [6, 6.07) is 18.3. The van der Waals surface area contributed by atoms with Gasteiger partial charge in [0.1, 0.15) is 24.0 Å². The number of hydrogen-bond acceptors (Lipinski definition) is 5. The SMILES string of the molecule is CCc1ccc(/C=C2/Oc3c4c(cc(C)c3C2=O)OCN(CCc2ccc(OC)cc2)C4)cc1. The maximum Gasteiger partial charge on any atom is 0.232 e. The summed E-state index contributed by atoms with van der Waals surface area (Å²) in [5.74, 6) is 2.61. The summed E-state index contributed by atoms with van der Waals surface area (Å²) in [4.78, 5) is 15.5. The van der Waals surface area contributed by atoms with E-state index >= 15 is 0 Å². The second kappa shape index (κ2) is 9.35. The highest BCUT2D eigenvalue weighted by molar-refractivity contribution is 6.15. The number of ketones is 1. The minimum atomic E-state index is -0.0646. The summed E-state index contributed by atoms with van der Waals surface area (Å²) < 4.78 is 17.5. The van der Waals surface area contributed by atoms with Crippen molar-refractivity contribution in [2.45, 2.75) is 33.2 Å². The topological polar surface area (TPSA) is 48.0 Å². The molecule has 0 bridgehead atoms. The lowest BCUT2D eigenvalue weighted by atomic mass is 9.98. The van der Waals surface area contributed by atoms with Crippen LogP contribution in [-0.2, 0) is 19.4 Å². The molecule has 3 aromatic carbocycles. The first-order valence-electron chi connectivity index (χ1n) is 11.7. The molecule has 0 aromatic heterocycles. The molecule has 34 heavy (non-hydrogen) atoms. The molecule has 0 amide bonds. The Bertz CT molecular complexity index is 1240. The van der Waals surface area contributed by atoms with Crippen molar-refractivity contribution in [2.24, 2.45) is 0 Å². The third kappa shape index (κ3) is 4.31. The van der Waals surface area contributed by atoms with E-state index in [0.717, 1.165) is 47.6 Å². The molecule has 0 spiro atoms. The molecule has 0 aliphatic carbocycles. The van der Waals surface area contributed by atoms with E-state index in [0.29, 0.717) is 30.3 Å². The smallest absolute Gasteiger partial charge is 0.232 e. The van der Waals surface area contributed by atoms with Crippen LogP contribution in [0, 0.1) is 6.92 Å². The number of ether oxygens (including phenoxy) is 3. The van der Waals surface area contributed by atoms with Gasteiger partial charge in [-0.2, -0.15) is 0 Å².